The molecule has 8 atom stereocenters. The topological polar surface area (TPSA) is 40.5 Å². The van der Waals surface area contributed by atoms with E-state index in [-0.39, 0.29) is 0 Å². The summed E-state index contributed by atoms with van der Waals surface area (Å²) in [5.41, 5.74) is 1.92. The van der Waals surface area contributed by atoms with Gasteiger partial charge in [-0.2, -0.15) is 0 Å². The molecule has 0 aromatic heterocycles. The van der Waals surface area contributed by atoms with Crippen LogP contribution in [-0.2, 0) is 0 Å². The van der Waals surface area contributed by atoms with Crippen molar-refractivity contribution < 1.29 is 10.2 Å². The summed E-state index contributed by atoms with van der Waals surface area (Å²) >= 11 is 0. The van der Waals surface area contributed by atoms with Crippen LogP contribution in [0.25, 0.3) is 0 Å². The fraction of sp³-hybridized carbons (Fsp3) is 0.938. The van der Waals surface area contributed by atoms with E-state index in [2.05, 4.69) is 40.7 Å². The number of allylic oxidation sites excluding steroid dienone is 1. The Labute approximate surface area is 210 Å². The lowest BCUT2D eigenvalue weighted by molar-refractivity contribution is -0.0734. The summed E-state index contributed by atoms with van der Waals surface area (Å²) in [6.45, 7) is 14.5. The zero-order chi connectivity index (χ0) is 24.6. The van der Waals surface area contributed by atoms with Crippen LogP contribution >= 0.6 is 0 Å². The zero-order valence-electron chi connectivity index (χ0n) is 23.3. The second-order valence-corrected chi connectivity index (χ2v) is 15.6. The van der Waals surface area contributed by atoms with Crippen molar-refractivity contribution in [2.45, 2.75) is 143 Å². The lowest BCUT2D eigenvalue weighted by Crippen LogP contribution is -2.52. The minimum atomic E-state index is -0.493. The molecule has 2 heteroatoms. The second-order valence-electron chi connectivity index (χ2n) is 15.6. The van der Waals surface area contributed by atoms with Gasteiger partial charge in [-0.05, 0) is 143 Å². The van der Waals surface area contributed by atoms with Crippen molar-refractivity contribution in [1.29, 1.82) is 0 Å². The first kappa shape index (κ1) is 25.3. The quantitative estimate of drug-likeness (QED) is 0.408. The lowest BCUT2D eigenvalue weighted by atomic mass is 9.46. The number of hydrogen-bond acceptors (Lipinski definition) is 2. The molecular weight excluding hydrogens is 416 g/mol. The first-order valence-electron chi connectivity index (χ1n) is 14.9. The summed E-state index contributed by atoms with van der Waals surface area (Å²) in [6, 6.07) is 0. The van der Waals surface area contributed by atoms with Gasteiger partial charge in [-0.25, -0.2) is 0 Å². The number of hydrogen-bond donors (Lipinski definition) is 2. The highest BCUT2D eigenvalue weighted by Crippen LogP contribution is 2.67. The summed E-state index contributed by atoms with van der Waals surface area (Å²) < 4.78 is 0. The van der Waals surface area contributed by atoms with Crippen LogP contribution in [0.15, 0.2) is 11.6 Å². The van der Waals surface area contributed by atoms with E-state index in [1.807, 2.05) is 6.92 Å². The van der Waals surface area contributed by atoms with Gasteiger partial charge in [0.2, 0.25) is 0 Å². The van der Waals surface area contributed by atoms with Gasteiger partial charge >= 0.3 is 0 Å². The third-order valence-corrected chi connectivity index (χ3v) is 12.7. The van der Waals surface area contributed by atoms with Gasteiger partial charge in [0.15, 0.2) is 0 Å². The zero-order valence-corrected chi connectivity index (χ0v) is 23.3. The molecule has 1 unspecified atom stereocenters. The Morgan fingerprint density at radius 3 is 2.26 bits per heavy atom. The fourth-order valence-electron chi connectivity index (χ4n) is 10.1. The molecule has 0 saturated heterocycles. The van der Waals surface area contributed by atoms with Crippen molar-refractivity contribution in [3.8, 4) is 0 Å². The van der Waals surface area contributed by atoms with E-state index in [0.717, 1.165) is 61.7 Å². The van der Waals surface area contributed by atoms with Crippen molar-refractivity contribution in [3.05, 3.63) is 11.6 Å². The first-order valence-corrected chi connectivity index (χ1v) is 14.9. The van der Waals surface area contributed by atoms with Crippen molar-refractivity contribution in [3.63, 3.8) is 0 Å². The number of rotatable bonds is 4. The Hall–Kier alpha value is -0.340. The van der Waals surface area contributed by atoms with Crippen molar-refractivity contribution in [2.24, 2.45) is 45.8 Å². The molecule has 5 aliphatic rings. The lowest BCUT2D eigenvalue weighted by Gasteiger charge is -2.59. The third-order valence-electron chi connectivity index (χ3n) is 12.7. The predicted molar refractivity (Wildman–Crippen MR) is 141 cm³/mol. The summed E-state index contributed by atoms with van der Waals surface area (Å²) in [7, 11) is 0. The van der Waals surface area contributed by atoms with Crippen LogP contribution < -0.4 is 0 Å². The first-order chi connectivity index (χ1) is 15.8. The highest BCUT2D eigenvalue weighted by molar-refractivity contribution is 5.26. The van der Waals surface area contributed by atoms with Gasteiger partial charge in [0.05, 0.1) is 11.2 Å². The molecule has 0 heterocycles. The van der Waals surface area contributed by atoms with E-state index >= 15 is 0 Å². The van der Waals surface area contributed by atoms with E-state index in [4.69, 9.17) is 0 Å². The predicted octanol–water partition coefficient (Wildman–Crippen LogP) is 8.06. The van der Waals surface area contributed by atoms with Gasteiger partial charge in [0.25, 0.3) is 0 Å². The maximum Gasteiger partial charge on any atom is 0.0657 e. The molecule has 34 heavy (non-hydrogen) atoms. The number of aliphatic hydroxyl groups is 2. The molecule has 4 fully saturated rings. The Morgan fingerprint density at radius 1 is 0.853 bits per heavy atom. The van der Waals surface area contributed by atoms with Gasteiger partial charge in [0.1, 0.15) is 0 Å². The summed E-state index contributed by atoms with van der Waals surface area (Å²) in [6.07, 6.45) is 19.0. The standard InChI is InChI=1S/C32H54O2/c1-22(11-14-32(34)19-15-28(2,3)16-20-32)25-9-10-26-24-8-7-23-21-29(4,33)17-18-30(23,5)27(24)12-13-31(25,26)6/h7,22,24-27,33-34H,8-21H2,1-6H3/t22-,24+,25?,26+,27+,29+,30+,31-/m1/s1. The van der Waals surface area contributed by atoms with Crippen LogP contribution in [0.1, 0.15) is 131 Å². The minimum absolute atomic E-state index is 0.328. The molecule has 0 radical (unpaired) electrons. The average Bonchev–Trinajstić information content (AvgIpc) is 3.12. The third kappa shape index (κ3) is 4.25. The molecule has 5 aliphatic carbocycles. The van der Waals surface area contributed by atoms with Gasteiger partial charge in [-0.15, -0.1) is 0 Å². The Kier molecular flexibility index (Phi) is 6.21. The Morgan fingerprint density at radius 2 is 1.56 bits per heavy atom. The summed E-state index contributed by atoms with van der Waals surface area (Å²) in [4.78, 5) is 0. The van der Waals surface area contributed by atoms with Crippen molar-refractivity contribution in [2.75, 3.05) is 0 Å². The van der Waals surface area contributed by atoms with Gasteiger partial charge in [-0.3, -0.25) is 0 Å². The normalized spacial score (nSPS) is 48.3. The van der Waals surface area contributed by atoms with E-state index in [0.29, 0.717) is 16.2 Å². The van der Waals surface area contributed by atoms with Crippen LogP contribution in [0.4, 0.5) is 0 Å². The van der Waals surface area contributed by atoms with E-state index in [1.165, 1.54) is 57.8 Å². The minimum Gasteiger partial charge on any atom is -0.390 e. The average molecular weight is 471 g/mol. The SMILES string of the molecule is C[C@H](CCC1(O)CCC(C)(C)CC1)C1CC[C@H]2[C@@H]3CC=C4C[C@@](C)(O)CC[C@]4(C)[C@H]3CC[C@]12C. The van der Waals surface area contributed by atoms with E-state index < -0.39 is 11.2 Å². The van der Waals surface area contributed by atoms with E-state index in [1.54, 1.807) is 5.57 Å². The largest absolute Gasteiger partial charge is 0.390 e. The molecule has 5 rings (SSSR count). The second kappa shape index (κ2) is 8.34. The Balaban J connectivity index is 1.26. The summed E-state index contributed by atoms with van der Waals surface area (Å²) in [5.74, 6) is 4.08. The molecule has 0 amide bonds. The van der Waals surface area contributed by atoms with Crippen molar-refractivity contribution >= 4 is 0 Å². The molecular formula is C32H54O2. The number of fused-ring (bicyclic) bond motifs is 5. The monoisotopic (exact) mass is 470 g/mol. The molecule has 0 spiro atoms. The van der Waals surface area contributed by atoms with Crippen LogP contribution in [0.3, 0.4) is 0 Å². The van der Waals surface area contributed by atoms with E-state index in [9.17, 15) is 10.2 Å². The highest BCUT2D eigenvalue weighted by atomic mass is 16.3. The van der Waals surface area contributed by atoms with Gasteiger partial charge in [-0.1, -0.05) is 46.3 Å². The molecule has 0 bridgehead atoms. The molecule has 2 N–H and O–H groups in total. The van der Waals surface area contributed by atoms with Crippen LogP contribution in [0.2, 0.25) is 0 Å². The molecule has 0 aromatic carbocycles. The fourth-order valence-corrected chi connectivity index (χ4v) is 10.1. The van der Waals surface area contributed by atoms with Crippen LogP contribution in [0, 0.1) is 45.8 Å². The van der Waals surface area contributed by atoms with Crippen molar-refractivity contribution in [1.82, 2.24) is 0 Å². The maximum absolute atomic E-state index is 11.3. The molecule has 0 aromatic rings. The van der Waals surface area contributed by atoms with Crippen LogP contribution in [-0.4, -0.2) is 21.4 Å². The molecule has 2 nitrogen and oxygen atoms in total. The summed E-state index contributed by atoms with van der Waals surface area (Å²) in [5, 5.41) is 22.0. The molecule has 0 aliphatic heterocycles. The van der Waals surface area contributed by atoms with Gasteiger partial charge < -0.3 is 10.2 Å². The smallest absolute Gasteiger partial charge is 0.0657 e. The molecule has 4 saturated carbocycles. The maximum atomic E-state index is 11.3. The highest BCUT2D eigenvalue weighted by Gasteiger charge is 2.59. The Bertz CT molecular complexity index is 798. The van der Waals surface area contributed by atoms with Crippen LogP contribution in [0.5, 0.6) is 0 Å². The molecule has 194 valence electrons. The van der Waals surface area contributed by atoms with Gasteiger partial charge in [0, 0.05) is 0 Å².